The van der Waals surface area contributed by atoms with Crippen molar-refractivity contribution < 1.29 is 24.1 Å². The average Bonchev–Trinajstić information content (AvgIpc) is 2.60. The molecule has 2 aromatic rings. The maximum atomic E-state index is 10.6. The van der Waals surface area contributed by atoms with Gasteiger partial charge in [0, 0.05) is 6.08 Å². The summed E-state index contributed by atoms with van der Waals surface area (Å²) >= 11 is 0. The zero-order valence-corrected chi connectivity index (χ0v) is 13.7. The molecule has 2 aromatic carbocycles. The normalized spacial score (nSPS) is 10.6. The molecule has 0 fully saturated rings. The molecule has 0 aliphatic heterocycles. The third-order valence-corrected chi connectivity index (χ3v) is 3.23. The topological polar surface area (TPSA) is 65.0 Å². The third kappa shape index (κ3) is 5.05. The Labute approximate surface area is 141 Å². The summed E-state index contributed by atoms with van der Waals surface area (Å²) in [6.45, 7) is 2.97. The molecule has 0 aromatic heterocycles. The molecule has 24 heavy (non-hydrogen) atoms. The van der Waals surface area contributed by atoms with E-state index in [4.69, 9.17) is 19.3 Å². The first-order chi connectivity index (χ1) is 11.6. The molecular weight excluding hydrogens is 308 g/mol. The lowest BCUT2D eigenvalue weighted by atomic mass is 10.2. The van der Waals surface area contributed by atoms with Crippen molar-refractivity contribution in [2.75, 3.05) is 13.7 Å². The van der Waals surface area contributed by atoms with Crippen molar-refractivity contribution >= 4 is 12.0 Å². The molecule has 2 rings (SSSR count). The van der Waals surface area contributed by atoms with Crippen molar-refractivity contribution in [3.05, 3.63) is 59.7 Å². The molecule has 0 unspecified atom stereocenters. The number of hydrogen-bond donors (Lipinski definition) is 1. The molecular formula is C19H20O5. The van der Waals surface area contributed by atoms with Gasteiger partial charge in [0.15, 0.2) is 11.5 Å². The standard InChI is InChI=1S/C19H20O5/c1-3-23-16-8-4-15(5-9-16)13-24-17-10-6-14(7-11-19(20)21)12-18(17)22-2/h4-12H,3,13H2,1-2H3,(H,20,21). The Morgan fingerprint density at radius 2 is 1.83 bits per heavy atom. The number of ether oxygens (including phenoxy) is 3. The smallest absolute Gasteiger partial charge is 0.328 e. The number of carbonyl (C=O) groups is 1. The molecule has 0 heterocycles. The first-order valence-corrected chi connectivity index (χ1v) is 7.56. The molecule has 5 heteroatoms. The first kappa shape index (κ1) is 17.4. The highest BCUT2D eigenvalue weighted by Gasteiger charge is 2.06. The van der Waals surface area contributed by atoms with Crippen LogP contribution >= 0.6 is 0 Å². The van der Waals surface area contributed by atoms with E-state index in [0.717, 1.165) is 23.0 Å². The molecule has 0 aliphatic rings. The molecule has 5 nitrogen and oxygen atoms in total. The molecule has 1 N–H and O–H groups in total. The Kier molecular flexibility index (Phi) is 6.25. The SMILES string of the molecule is CCOc1ccc(COc2ccc(C=CC(=O)O)cc2OC)cc1. The molecule has 0 saturated heterocycles. The zero-order valence-electron chi connectivity index (χ0n) is 13.7. The van der Waals surface area contributed by atoms with Gasteiger partial charge in [-0.05, 0) is 48.4 Å². The van der Waals surface area contributed by atoms with Crippen LogP contribution < -0.4 is 14.2 Å². The van der Waals surface area contributed by atoms with Crippen LogP contribution in [0.1, 0.15) is 18.1 Å². The van der Waals surface area contributed by atoms with E-state index in [1.807, 2.05) is 31.2 Å². The lowest BCUT2D eigenvalue weighted by molar-refractivity contribution is -0.131. The number of methoxy groups -OCH3 is 1. The Morgan fingerprint density at radius 3 is 2.46 bits per heavy atom. The van der Waals surface area contributed by atoms with Gasteiger partial charge in [-0.3, -0.25) is 0 Å². The van der Waals surface area contributed by atoms with Gasteiger partial charge in [-0.25, -0.2) is 4.79 Å². The van der Waals surface area contributed by atoms with Crippen molar-refractivity contribution in [1.82, 2.24) is 0 Å². The Balaban J connectivity index is 2.04. The van der Waals surface area contributed by atoms with Gasteiger partial charge in [-0.2, -0.15) is 0 Å². The van der Waals surface area contributed by atoms with E-state index >= 15 is 0 Å². The minimum absolute atomic E-state index is 0.396. The van der Waals surface area contributed by atoms with Gasteiger partial charge < -0.3 is 19.3 Å². The van der Waals surface area contributed by atoms with E-state index in [1.54, 1.807) is 25.3 Å². The fourth-order valence-corrected chi connectivity index (χ4v) is 2.08. The number of hydrogen-bond acceptors (Lipinski definition) is 4. The molecule has 0 bridgehead atoms. The number of carboxylic acids is 1. The number of rotatable bonds is 8. The van der Waals surface area contributed by atoms with E-state index < -0.39 is 5.97 Å². The lowest BCUT2D eigenvalue weighted by Crippen LogP contribution is -1.98. The number of carboxylic acid groups (broad SMARTS) is 1. The second-order valence-electron chi connectivity index (χ2n) is 4.95. The first-order valence-electron chi connectivity index (χ1n) is 7.56. The second-order valence-corrected chi connectivity index (χ2v) is 4.95. The molecule has 126 valence electrons. The summed E-state index contributed by atoms with van der Waals surface area (Å²) in [5, 5.41) is 8.67. The third-order valence-electron chi connectivity index (χ3n) is 3.23. The van der Waals surface area contributed by atoms with E-state index in [2.05, 4.69) is 0 Å². The fourth-order valence-electron chi connectivity index (χ4n) is 2.08. The molecule has 0 amide bonds. The molecule has 0 atom stereocenters. The predicted octanol–water partition coefficient (Wildman–Crippen LogP) is 3.77. The zero-order chi connectivity index (χ0) is 17.4. The minimum atomic E-state index is -0.996. The summed E-state index contributed by atoms with van der Waals surface area (Å²) in [5.41, 5.74) is 1.73. The van der Waals surface area contributed by atoms with E-state index in [1.165, 1.54) is 6.08 Å². The molecule has 0 saturated carbocycles. The van der Waals surface area contributed by atoms with Crippen molar-refractivity contribution in [3.8, 4) is 17.2 Å². The van der Waals surface area contributed by atoms with Crippen LogP contribution in [0.25, 0.3) is 6.08 Å². The monoisotopic (exact) mass is 328 g/mol. The molecule has 0 spiro atoms. The summed E-state index contributed by atoms with van der Waals surface area (Å²) in [5.74, 6) is 0.977. The van der Waals surface area contributed by atoms with Gasteiger partial charge >= 0.3 is 5.97 Å². The Bertz CT molecular complexity index is 704. The van der Waals surface area contributed by atoms with Gasteiger partial charge in [0.1, 0.15) is 12.4 Å². The summed E-state index contributed by atoms with van der Waals surface area (Å²) in [6.07, 6.45) is 2.58. The molecule has 0 aliphatic carbocycles. The minimum Gasteiger partial charge on any atom is -0.494 e. The van der Waals surface area contributed by atoms with Crippen LogP contribution in [0, 0.1) is 0 Å². The maximum absolute atomic E-state index is 10.6. The summed E-state index contributed by atoms with van der Waals surface area (Å²) in [7, 11) is 1.55. The van der Waals surface area contributed by atoms with Crippen LogP contribution in [-0.4, -0.2) is 24.8 Å². The highest BCUT2D eigenvalue weighted by Crippen LogP contribution is 2.29. The van der Waals surface area contributed by atoms with Crippen molar-refractivity contribution in [3.63, 3.8) is 0 Å². The van der Waals surface area contributed by atoms with Gasteiger partial charge in [0.25, 0.3) is 0 Å². The Hall–Kier alpha value is -2.95. The van der Waals surface area contributed by atoms with Gasteiger partial charge in [-0.15, -0.1) is 0 Å². The van der Waals surface area contributed by atoms with Crippen LogP contribution in [0.2, 0.25) is 0 Å². The van der Waals surface area contributed by atoms with E-state index in [9.17, 15) is 4.79 Å². The van der Waals surface area contributed by atoms with Gasteiger partial charge in [0.05, 0.1) is 13.7 Å². The average molecular weight is 328 g/mol. The van der Waals surface area contributed by atoms with E-state index in [0.29, 0.717) is 24.7 Å². The Morgan fingerprint density at radius 1 is 1.08 bits per heavy atom. The predicted molar refractivity (Wildman–Crippen MR) is 91.6 cm³/mol. The maximum Gasteiger partial charge on any atom is 0.328 e. The van der Waals surface area contributed by atoms with Crippen LogP contribution in [0.15, 0.2) is 48.5 Å². The van der Waals surface area contributed by atoms with Crippen molar-refractivity contribution in [2.24, 2.45) is 0 Å². The van der Waals surface area contributed by atoms with Crippen LogP contribution in [-0.2, 0) is 11.4 Å². The fraction of sp³-hybridized carbons (Fsp3) is 0.211. The van der Waals surface area contributed by atoms with Crippen LogP contribution in [0.5, 0.6) is 17.2 Å². The summed E-state index contributed by atoms with van der Waals surface area (Å²) in [4.78, 5) is 10.6. The number of benzene rings is 2. The van der Waals surface area contributed by atoms with Crippen LogP contribution in [0.3, 0.4) is 0 Å². The highest BCUT2D eigenvalue weighted by atomic mass is 16.5. The number of aliphatic carboxylic acids is 1. The summed E-state index contributed by atoms with van der Waals surface area (Å²) < 4.78 is 16.5. The van der Waals surface area contributed by atoms with Gasteiger partial charge in [-0.1, -0.05) is 18.2 Å². The quantitative estimate of drug-likeness (QED) is 0.747. The highest BCUT2D eigenvalue weighted by molar-refractivity contribution is 5.85. The molecule has 0 radical (unpaired) electrons. The summed E-state index contributed by atoms with van der Waals surface area (Å²) in [6, 6.07) is 13.0. The largest absolute Gasteiger partial charge is 0.494 e. The van der Waals surface area contributed by atoms with Crippen molar-refractivity contribution in [2.45, 2.75) is 13.5 Å². The van der Waals surface area contributed by atoms with Crippen molar-refractivity contribution in [1.29, 1.82) is 0 Å². The second kappa shape index (κ2) is 8.62. The van der Waals surface area contributed by atoms with Crippen LogP contribution in [0.4, 0.5) is 0 Å². The van der Waals surface area contributed by atoms with Gasteiger partial charge in [0.2, 0.25) is 0 Å². The van der Waals surface area contributed by atoms with E-state index in [-0.39, 0.29) is 0 Å². The lowest BCUT2D eigenvalue weighted by Gasteiger charge is -2.12.